The molecule has 2 N–H and O–H groups in total. The Labute approximate surface area is 102 Å². The molecular weight excluding hydrogens is 210 g/mol. The van der Waals surface area contributed by atoms with E-state index in [0.29, 0.717) is 12.0 Å². The van der Waals surface area contributed by atoms with Crippen LogP contribution >= 0.6 is 0 Å². The Morgan fingerprint density at radius 2 is 2.29 bits per heavy atom. The van der Waals surface area contributed by atoms with Gasteiger partial charge in [-0.15, -0.1) is 0 Å². The highest BCUT2D eigenvalue weighted by atomic mass is 15.2. The summed E-state index contributed by atoms with van der Waals surface area (Å²) < 4.78 is 2.25. The number of nitrogens with two attached hydrogens (primary N) is 1. The molecule has 2 unspecified atom stereocenters. The number of aromatic nitrogens is 2. The van der Waals surface area contributed by atoms with Crippen molar-refractivity contribution in [3.8, 4) is 0 Å². The molecule has 2 atom stereocenters. The summed E-state index contributed by atoms with van der Waals surface area (Å²) in [5.41, 5.74) is 9.61. The zero-order chi connectivity index (χ0) is 12.0. The molecule has 1 saturated carbocycles. The zero-order valence-electron chi connectivity index (χ0n) is 10.5. The Kier molecular flexibility index (Phi) is 2.35. The number of rotatable bonds is 3. The maximum Gasteiger partial charge on any atom is 0.201 e. The maximum atomic E-state index is 6.07. The van der Waals surface area contributed by atoms with Gasteiger partial charge in [0, 0.05) is 6.04 Å². The average Bonchev–Trinajstić information content (AvgIpc) is 2.94. The van der Waals surface area contributed by atoms with Crippen LogP contribution < -0.4 is 5.73 Å². The van der Waals surface area contributed by atoms with Crippen molar-refractivity contribution in [2.45, 2.75) is 39.2 Å². The Balaban J connectivity index is 2.07. The number of anilines is 1. The molecule has 0 radical (unpaired) electrons. The number of nitrogen functional groups attached to an aromatic ring is 1. The van der Waals surface area contributed by atoms with Crippen LogP contribution in [0.3, 0.4) is 0 Å². The highest BCUT2D eigenvalue weighted by Crippen LogP contribution is 2.49. The molecule has 0 saturated heterocycles. The van der Waals surface area contributed by atoms with Crippen molar-refractivity contribution < 1.29 is 0 Å². The van der Waals surface area contributed by atoms with Crippen LogP contribution in [-0.4, -0.2) is 9.55 Å². The summed E-state index contributed by atoms with van der Waals surface area (Å²) in [5.74, 6) is 1.48. The van der Waals surface area contributed by atoms with Gasteiger partial charge in [0.05, 0.1) is 11.0 Å². The third-order valence-corrected chi connectivity index (χ3v) is 3.82. The summed E-state index contributed by atoms with van der Waals surface area (Å²) in [6, 6.07) is 6.81. The van der Waals surface area contributed by atoms with Gasteiger partial charge in [0.1, 0.15) is 0 Å². The van der Waals surface area contributed by atoms with Gasteiger partial charge in [0.15, 0.2) is 0 Å². The molecule has 1 aliphatic carbocycles. The molecule has 0 amide bonds. The van der Waals surface area contributed by atoms with E-state index in [4.69, 9.17) is 5.73 Å². The molecule has 1 aromatic heterocycles. The summed E-state index contributed by atoms with van der Waals surface area (Å²) in [6.45, 7) is 4.38. The van der Waals surface area contributed by atoms with Crippen LogP contribution in [0.1, 0.15) is 37.8 Å². The molecular formula is C14H19N3. The normalized spacial score (nSPS) is 23.2. The molecule has 1 heterocycles. The van der Waals surface area contributed by atoms with E-state index in [1.807, 2.05) is 12.1 Å². The SMILES string of the molecule is CCCC1CC1n1c(N)nc2cccc(C)c21. The van der Waals surface area contributed by atoms with Crippen LogP contribution in [0, 0.1) is 12.8 Å². The number of aryl methyl sites for hydroxylation is 1. The lowest BCUT2D eigenvalue weighted by atomic mass is 10.2. The van der Waals surface area contributed by atoms with E-state index < -0.39 is 0 Å². The van der Waals surface area contributed by atoms with Crippen molar-refractivity contribution in [3.05, 3.63) is 23.8 Å². The molecule has 0 spiro atoms. The Bertz CT molecular complexity index is 556. The van der Waals surface area contributed by atoms with E-state index in [-0.39, 0.29) is 0 Å². The summed E-state index contributed by atoms with van der Waals surface area (Å²) in [4.78, 5) is 4.47. The number of imidazole rings is 1. The number of hydrogen-bond acceptors (Lipinski definition) is 2. The van der Waals surface area contributed by atoms with Crippen molar-refractivity contribution in [2.24, 2.45) is 5.92 Å². The molecule has 3 heteroatoms. The van der Waals surface area contributed by atoms with Gasteiger partial charge >= 0.3 is 0 Å². The van der Waals surface area contributed by atoms with Gasteiger partial charge in [-0.1, -0.05) is 25.5 Å². The van der Waals surface area contributed by atoms with Crippen LogP contribution in [0.25, 0.3) is 11.0 Å². The van der Waals surface area contributed by atoms with Crippen molar-refractivity contribution in [3.63, 3.8) is 0 Å². The molecule has 3 nitrogen and oxygen atoms in total. The minimum Gasteiger partial charge on any atom is -0.369 e. The van der Waals surface area contributed by atoms with E-state index >= 15 is 0 Å². The molecule has 1 aromatic carbocycles. The number of benzene rings is 1. The molecule has 17 heavy (non-hydrogen) atoms. The van der Waals surface area contributed by atoms with Gasteiger partial charge in [0.25, 0.3) is 0 Å². The Hall–Kier alpha value is -1.51. The van der Waals surface area contributed by atoms with Crippen molar-refractivity contribution in [1.29, 1.82) is 0 Å². The van der Waals surface area contributed by atoms with E-state index in [0.717, 1.165) is 11.4 Å². The van der Waals surface area contributed by atoms with Gasteiger partial charge < -0.3 is 10.3 Å². The minimum atomic E-state index is 0.584. The fourth-order valence-electron chi connectivity index (χ4n) is 2.90. The second kappa shape index (κ2) is 3.76. The first kappa shape index (κ1) is 10.6. The molecule has 3 rings (SSSR count). The van der Waals surface area contributed by atoms with E-state index in [2.05, 4.69) is 29.5 Å². The highest BCUT2D eigenvalue weighted by Gasteiger charge is 2.39. The predicted octanol–water partition coefficient (Wildman–Crippen LogP) is 3.29. The average molecular weight is 229 g/mol. The van der Waals surface area contributed by atoms with Crippen LogP contribution in [0.2, 0.25) is 0 Å². The summed E-state index contributed by atoms with van der Waals surface area (Å²) >= 11 is 0. The Morgan fingerprint density at radius 1 is 1.47 bits per heavy atom. The molecule has 0 bridgehead atoms. The second-order valence-corrected chi connectivity index (χ2v) is 5.13. The lowest BCUT2D eigenvalue weighted by molar-refractivity contribution is 0.621. The second-order valence-electron chi connectivity index (χ2n) is 5.13. The quantitative estimate of drug-likeness (QED) is 0.877. The van der Waals surface area contributed by atoms with Gasteiger partial charge in [-0.05, 0) is 37.3 Å². The molecule has 90 valence electrons. The molecule has 0 aliphatic heterocycles. The Morgan fingerprint density at radius 3 is 3.06 bits per heavy atom. The monoisotopic (exact) mass is 229 g/mol. The lowest BCUT2D eigenvalue weighted by Crippen LogP contribution is -2.03. The highest BCUT2D eigenvalue weighted by molar-refractivity contribution is 5.81. The number of fused-ring (bicyclic) bond motifs is 1. The fraction of sp³-hybridized carbons (Fsp3) is 0.500. The standard InChI is InChI=1S/C14H19N3/c1-3-5-10-8-12(10)17-13-9(2)6-4-7-11(13)16-14(17)15/h4,6-7,10,12H,3,5,8H2,1-2H3,(H2,15,16). The number of hydrogen-bond donors (Lipinski definition) is 1. The maximum absolute atomic E-state index is 6.07. The zero-order valence-corrected chi connectivity index (χ0v) is 10.5. The number of para-hydroxylation sites is 1. The predicted molar refractivity (Wildman–Crippen MR) is 70.9 cm³/mol. The first-order valence-corrected chi connectivity index (χ1v) is 6.45. The fourth-order valence-corrected chi connectivity index (χ4v) is 2.90. The molecule has 1 aliphatic rings. The van der Waals surface area contributed by atoms with E-state index in [1.165, 1.54) is 30.3 Å². The summed E-state index contributed by atoms with van der Waals surface area (Å²) in [7, 11) is 0. The van der Waals surface area contributed by atoms with Gasteiger partial charge in [0.2, 0.25) is 5.95 Å². The smallest absolute Gasteiger partial charge is 0.201 e. The van der Waals surface area contributed by atoms with Gasteiger partial charge in [-0.2, -0.15) is 0 Å². The van der Waals surface area contributed by atoms with Crippen molar-refractivity contribution in [2.75, 3.05) is 5.73 Å². The molecule has 2 aromatic rings. The molecule has 1 fully saturated rings. The van der Waals surface area contributed by atoms with Crippen LogP contribution in [0.5, 0.6) is 0 Å². The van der Waals surface area contributed by atoms with Crippen molar-refractivity contribution in [1.82, 2.24) is 9.55 Å². The van der Waals surface area contributed by atoms with E-state index in [1.54, 1.807) is 0 Å². The third-order valence-electron chi connectivity index (χ3n) is 3.82. The van der Waals surface area contributed by atoms with Crippen LogP contribution in [0.15, 0.2) is 18.2 Å². The summed E-state index contributed by atoms with van der Waals surface area (Å²) in [5, 5.41) is 0. The van der Waals surface area contributed by atoms with E-state index in [9.17, 15) is 0 Å². The van der Waals surface area contributed by atoms with Gasteiger partial charge in [-0.3, -0.25) is 0 Å². The van der Waals surface area contributed by atoms with Crippen molar-refractivity contribution >= 4 is 17.0 Å². The first-order chi connectivity index (χ1) is 8.22. The first-order valence-electron chi connectivity index (χ1n) is 6.45. The topological polar surface area (TPSA) is 43.8 Å². The lowest BCUT2D eigenvalue weighted by Gasteiger charge is -2.07. The van der Waals surface area contributed by atoms with Crippen LogP contribution in [-0.2, 0) is 0 Å². The largest absolute Gasteiger partial charge is 0.369 e. The number of nitrogens with zero attached hydrogens (tertiary/aromatic N) is 2. The summed E-state index contributed by atoms with van der Waals surface area (Å²) in [6.07, 6.45) is 3.82. The van der Waals surface area contributed by atoms with Crippen LogP contribution in [0.4, 0.5) is 5.95 Å². The third kappa shape index (κ3) is 1.61. The van der Waals surface area contributed by atoms with Gasteiger partial charge in [-0.25, -0.2) is 4.98 Å². The minimum absolute atomic E-state index is 0.584.